The molecule has 0 aliphatic carbocycles. The van der Waals surface area contributed by atoms with Crippen molar-refractivity contribution in [1.29, 1.82) is 0 Å². The highest BCUT2D eigenvalue weighted by molar-refractivity contribution is 5.03. The largest absolute Gasteiger partial charge is 0.332 e. The molecule has 96 valence electrons. The highest BCUT2D eigenvalue weighted by Gasteiger charge is 2.18. The van der Waals surface area contributed by atoms with E-state index in [4.69, 9.17) is 5.73 Å². The molecule has 4 nitrogen and oxygen atoms in total. The molecule has 17 heavy (non-hydrogen) atoms. The van der Waals surface area contributed by atoms with Crippen LogP contribution in [0.1, 0.15) is 44.8 Å². The van der Waals surface area contributed by atoms with E-state index in [1.54, 1.807) is 0 Å². The molecule has 2 heterocycles. The van der Waals surface area contributed by atoms with E-state index in [9.17, 15) is 0 Å². The second-order valence-electron chi connectivity index (χ2n) is 5.21. The van der Waals surface area contributed by atoms with E-state index in [2.05, 4.69) is 21.4 Å². The highest BCUT2D eigenvalue weighted by Crippen LogP contribution is 2.15. The van der Waals surface area contributed by atoms with Gasteiger partial charge in [0.1, 0.15) is 0 Å². The molecule has 0 amide bonds. The van der Waals surface area contributed by atoms with Crippen LogP contribution in [0.2, 0.25) is 0 Å². The zero-order valence-corrected chi connectivity index (χ0v) is 11.0. The molecular formula is C13H24N4. The second kappa shape index (κ2) is 5.65. The molecule has 1 unspecified atom stereocenters. The fraction of sp³-hybridized carbons (Fsp3) is 0.769. The van der Waals surface area contributed by atoms with Crippen LogP contribution < -0.4 is 5.73 Å². The Morgan fingerprint density at radius 2 is 2.00 bits per heavy atom. The quantitative estimate of drug-likeness (QED) is 0.867. The van der Waals surface area contributed by atoms with E-state index >= 15 is 0 Å². The lowest BCUT2D eigenvalue weighted by molar-refractivity contribution is 0.159. The summed E-state index contributed by atoms with van der Waals surface area (Å²) >= 11 is 0. The lowest BCUT2D eigenvalue weighted by Crippen LogP contribution is -2.40. The molecule has 1 aromatic rings. The molecule has 1 saturated heterocycles. The molecule has 0 bridgehead atoms. The van der Waals surface area contributed by atoms with E-state index in [-0.39, 0.29) is 6.04 Å². The van der Waals surface area contributed by atoms with Crippen LogP contribution in [0.4, 0.5) is 0 Å². The summed E-state index contributed by atoms with van der Waals surface area (Å²) < 4.78 is 2.20. The maximum absolute atomic E-state index is 5.94. The summed E-state index contributed by atoms with van der Waals surface area (Å²) in [5.41, 5.74) is 7.07. The molecule has 0 radical (unpaired) electrons. The minimum Gasteiger partial charge on any atom is -0.332 e. The van der Waals surface area contributed by atoms with Crippen LogP contribution in [0.5, 0.6) is 0 Å². The lowest BCUT2D eigenvalue weighted by atomic mass is 10.1. The van der Waals surface area contributed by atoms with Gasteiger partial charge in [-0.25, -0.2) is 4.98 Å². The molecule has 1 aromatic heterocycles. The van der Waals surface area contributed by atoms with Crippen molar-refractivity contribution in [3.8, 4) is 0 Å². The normalized spacial score (nSPS) is 21.4. The Morgan fingerprint density at radius 1 is 1.29 bits per heavy atom. The van der Waals surface area contributed by atoms with Gasteiger partial charge in [-0.1, -0.05) is 6.42 Å². The van der Waals surface area contributed by atoms with Crippen molar-refractivity contribution in [3.05, 3.63) is 18.2 Å². The monoisotopic (exact) mass is 236 g/mol. The summed E-state index contributed by atoms with van der Waals surface area (Å²) in [4.78, 5) is 6.78. The van der Waals surface area contributed by atoms with E-state index in [1.165, 1.54) is 32.4 Å². The highest BCUT2D eigenvalue weighted by atomic mass is 15.2. The van der Waals surface area contributed by atoms with Crippen molar-refractivity contribution in [2.45, 2.75) is 51.7 Å². The number of piperidine rings is 1. The number of hydrogen-bond acceptors (Lipinski definition) is 3. The first-order valence-electron chi connectivity index (χ1n) is 6.68. The molecule has 0 aromatic carbocycles. The first kappa shape index (κ1) is 12.6. The molecule has 2 N–H and O–H groups in total. The number of nitrogens with zero attached hydrogens (tertiary/aromatic N) is 3. The van der Waals surface area contributed by atoms with Crippen molar-refractivity contribution in [2.24, 2.45) is 5.73 Å². The van der Waals surface area contributed by atoms with Crippen LogP contribution in [0, 0.1) is 0 Å². The van der Waals surface area contributed by atoms with Crippen molar-refractivity contribution < 1.29 is 0 Å². The van der Waals surface area contributed by atoms with Crippen molar-refractivity contribution in [3.63, 3.8) is 0 Å². The standard InChI is InChI=1S/C13H24N4/c1-11(16-6-4-3-5-7-16)9-17-10-15-8-13(17)12(2)14/h8,10-12H,3-7,9,14H2,1-2H3/t11?,12-/m1/s1. The third-order valence-electron chi connectivity index (χ3n) is 3.69. The molecular weight excluding hydrogens is 212 g/mol. The predicted molar refractivity (Wildman–Crippen MR) is 69.7 cm³/mol. The van der Waals surface area contributed by atoms with Gasteiger partial charge < -0.3 is 10.3 Å². The molecule has 0 spiro atoms. The number of rotatable bonds is 4. The molecule has 4 heteroatoms. The zero-order chi connectivity index (χ0) is 12.3. The van der Waals surface area contributed by atoms with Gasteiger partial charge in [0.25, 0.3) is 0 Å². The molecule has 1 aliphatic heterocycles. The fourth-order valence-electron chi connectivity index (χ4n) is 2.62. The van der Waals surface area contributed by atoms with E-state index in [0.29, 0.717) is 6.04 Å². The Kier molecular flexibility index (Phi) is 4.18. The Hall–Kier alpha value is -0.870. The van der Waals surface area contributed by atoms with Gasteiger partial charge >= 0.3 is 0 Å². The van der Waals surface area contributed by atoms with Crippen LogP contribution in [0.15, 0.2) is 12.5 Å². The van der Waals surface area contributed by atoms with Gasteiger partial charge in [-0.15, -0.1) is 0 Å². The SMILES string of the molecule is CC(Cn1cncc1[C@@H](C)N)N1CCCCC1. The van der Waals surface area contributed by atoms with Crippen molar-refractivity contribution in [1.82, 2.24) is 14.5 Å². The van der Waals surface area contributed by atoms with Gasteiger partial charge in [-0.2, -0.15) is 0 Å². The van der Waals surface area contributed by atoms with Crippen molar-refractivity contribution in [2.75, 3.05) is 13.1 Å². The Balaban J connectivity index is 1.97. The van der Waals surface area contributed by atoms with Gasteiger partial charge in [0, 0.05) is 24.8 Å². The van der Waals surface area contributed by atoms with Crippen LogP contribution in [-0.2, 0) is 6.54 Å². The molecule has 1 aliphatic rings. The molecule has 2 atom stereocenters. The van der Waals surface area contributed by atoms with E-state index < -0.39 is 0 Å². The maximum Gasteiger partial charge on any atom is 0.0949 e. The summed E-state index contributed by atoms with van der Waals surface area (Å²) in [5, 5.41) is 0. The van der Waals surface area contributed by atoms with Gasteiger partial charge in [0.15, 0.2) is 0 Å². The first-order chi connectivity index (χ1) is 8.18. The van der Waals surface area contributed by atoms with Gasteiger partial charge in [-0.3, -0.25) is 4.90 Å². The van der Waals surface area contributed by atoms with Crippen LogP contribution in [0.25, 0.3) is 0 Å². The fourth-order valence-corrected chi connectivity index (χ4v) is 2.62. The third kappa shape index (κ3) is 3.07. The molecule has 2 rings (SSSR count). The summed E-state index contributed by atoms with van der Waals surface area (Å²) in [5.74, 6) is 0. The summed E-state index contributed by atoms with van der Waals surface area (Å²) in [6.45, 7) is 7.79. The first-order valence-corrected chi connectivity index (χ1v) is 6.68. The van der Waals surface area contributed by atoms with E-state index in [1.807, 2.05) is 19.4 Å². The minimum absolute atomic E-state index is 0.0612. The number of imidazole rings is 1. The Morgan fingerprint density at radius 3 is 2.65 bits per heavy atom. The predicted octanol–water partition coefficient (Wildman–Crippen LogP) is 1.78. The maximum atomic E-state index is 5.94. The smallest absolute Gasteiger partial charge is 0.0949 e. The van der Waals surface area contributed by atoms with Gasteiger partial charge in [-0.05, 0) is 39.8 Å². The topological polar surface area (TPSA) is 47.1 Å². The average molecular weight is 236 g/mol. The summed E-state index contributed by atoms with van der Waals surface area (Å²) in [6.07, 6.45) is 7.86. The Labute approximate surface area is 104 Å². The number of nitrogens with two attached hydrogens (primary N) is 1. The number of likely N-dealkylation sites (tertiary alicyclic amines) is 1. The average Bonchev–Trinajstić information content (AvgIpc) is 2.78. The van der Waals surface area contributed by atoms with Crippen LogP contribution >= 0.6 is 0 Å². The Bertz CT molecular complexity index is 339. The van der Waals surface area contributed by atoms with E-state index in [0.717, 1.165) is 12.2 Å². The van der Waals surface area contributed by atoms with Gasteiger partial charge in [0.2, 0.25) is 0 Å². The zero-order valence-electron chi connectivity index (χ0n) is 11.0. The number of hydrogen-bond donors (Lipinski definition) is 1. The summed E-state index contributed by atoms with van der Waals surface area (Å²) in [7, 11) is 0. The van der Waals surface area contributed by atoms with Gasteiger partial charge in [0.05, 0.1) is 12.0 Å². The molecule has 0 saturated carbocycles. The summed E-state index contributed by atoms with van der Waals surface area (Å²) in [6, 6.07) is 0.632. The van der Waals surface area contributed by atoms with Crippen LogP contribution in [-0.4, -0.2) is 33.6 Å². The molecule has 1 fully saturated rings. The third-order valence-corrected chi connectivity index (χ3v) is 3.69. The second-order valence-corrected chi connectivity index (χ2v) is 5.21. The lowest BCUT2D eigenvalue weighted by Gasteiger charge is -2.32. The van der Waals surface area contributed by atoms with Crippen molar-refractivity contribution >= 4 is 0 Å². The number of aromatic nitrogens is 2. The minimum atomic E-state index is 0.0612. The van der Waals surface area contributed by atoms with Crippen LogP contribution in [0.3, 0.4) is 0 Å².